The van der Waals surface area contributed by atoms with Crippen LogP contribution in [0.3, 0.4) is 0 Å². The number of benzene rings is 2. The summed E-state index contributed by atoms with van der Waals surface area (Å²) in [4.78, 5) is 0. The molecule has 166 valence electrons. The largest absolute Gasteiger partial charge is 0.493 e. The smallest absolute Gasteiger partial charge is 0.123 e. The van der Waals surface area contributed by atoms with Gasteiger partial charge in [0.15, 0.2) is 0 Å². The number of rotatable bonds is 13. The summed E-state index contributed by atoms with van der Waals surface area (Å²) in [7, 11) is 0. The van der Waals surface area contributed by atoms with Gasteiger partial charge in [-0.3, -0.25) is 0 Å². The monoisotopic (exact) mass is 414 g/mol. The van der Waals surface area contributed by atoms with E-state index in [1.165, 1.54) is 0 Å². The predicted octanol–water partition coefficient (Wildman–Crippen LogP) is 6.77. The first-order valence-corrected chi connectivity index (χ1v) is 10.9. The van der Waals surface area contributed by atoms with Crippen LogP contribution >= 0.6 is 0 Å². The van der Waals surface area contributed by atoms with Crippen LogP contribution in [-0.2, 0) is 0 Å². The first kappa shape index (κ1) is 23.9. The Labute approximate surface area is 182 Å². The van der Waals surface area contributed by atoms with E-state index in [1.54, 1.807) is 0 Å². The molecule has 0 N–H and O–H groups in total. The zero-order valence-corrected chi connectivity index (χ0v) is 19.5. The molecule has 0 heterocycles. The van der Waals surface area contributed by atoms with Gasteiger partial charge < -0.3 is 18.9 Å². The molecule has 0 saturated carbocycles. The minimum atomic E-state index is 0.162. The summed E-state index contributed by atoms with van der Waals surface area (Å²) in [5.41, 5.74) is 0.324. The Kier molecular flexibility index (Phi) is 8.88. The van der Waals surface area contributed by atoms with E-state index >= 15 is 0 Å². The summed E-state index contributed by atoms with van der Waals surface area (Å²) in [6.45, 7) is 15.5. The molecule has 0 aliphatic rings. The quantitative estimate of drug-likeness (QED) is 0.339. The van der Waals surface area contributed by atoms with Gasteiger partial charge in [0.1, 0.15) is 36.2 Å². The highest BCUT2D eigenvalue weighted by Gasteiger charge is 2.17. The zero-order valence-electron chi connectivity index (χ0n) is 19.5. The van der Waals surface area contributed by atoms with E-state index in [0.29, 0.717) is 26.4 Å². The Bertz CT molecular complexity index is 702. The van der Waals surface area contributed by atoms with Crippen molar-refractivity contribution >= 4 is 0 Å². The van der Waals surface area contributed by atoms with Gasteiger partial charge in [-0.1, -0.05) is 53.7 Å². The molecule has 2 rings (SSSR count). The van der Waals surface area contributed by atoms with E-state index in [1.807, 2.05) is 48.5 Å². The van der Waals surface area contributed by atoms with Gasteiger partial charge in [-0.15, -0.1) is 0 Å². The lowest BCUT2D eigenvalue weighted by Crippen LogP contribution is -2.20. The lowest BCUT2D eigenvalue weighted by Gasteiger charge is -2.23. The minimum Gasteiger partial charge on any atom is -0.493 e. The van der Waals surface area contributed by atoms with Gasteiger partial charge in [0.25, 0.3) is 0 Å². The van der Waals surface area contributed by atoms with Crippen molar-refractivity contribution in [2.45, 2.75) is 54.4 Å². The molecule has 2 aromatic rings. The lowest BCUT2D eigenvalue weighted by molar-refractivity contribution is 0.173. The fourth-order valence-corrected chi connectivity index (χ4v) is 2.39. The van der Waals surface area contributed by atoms with Gasteiger partial charge in [-0.2, -0.15) is 0 Å². The Morgan fingerprint density at radius 1 is 0.567 bits per heavy atom. The summed E-state index contributed by atoms with van der Waals surface area (Å²) in [6.07, 6.45) is 2.15. The highest BCUT2D eigenvalue weighted by molar-refractivity contribution is 5.34. The van der Waals surface area contributed by atoms with Crippen LogP contribution in [0, 0.1) is 10.8 Å². The first-order valence-electron chi connectivity index (χ1n) is 10.9. The van der Waals surface area contributed by atoms with Gasteiger partial charge in [-0.05, 0) is 47.9 Å². The third-order valence-electron chi connectivity index (χ3n) is 5.41. The summed E-state index contributed by atoms with van der Waals surface area (Å²) in [5, 5.41) is 0. The van der Waals surface area contributed by atoms with E-state index in [9.17, 15) is 0 Å². The zero-order chi connectivity index (χ0) is 22.0. The third kappa shape index (κ3) is 8.56. The van der Waals surface area contributed by atoms with Crippen LogP contribution in [-0.4, -0.2) is 26.4 Å². The lowest BCUT2D eigenvalue weighted by atomic mass is 9.92. The number of hydrogen-bond acceptors (Lipinski definition) is 4. The van der Waals surface area contributed by atoms with Crippen LogP contribution in [0.1, 0.15) is 54.4 Å². The number of ether oxygens (including phenoxy) is 4. The molecule has 0 amide bonds. The van der Waals surface area contributed by atoms with E-state index in [0.717, 1.165) is 35.8 Å². The average Bonchev–Trinajstić information content (AvgIpc) is 2.75. The standard InChI is InChI=1S/C26H38O4/c1-7-25(3,4)19-29-23-13-9-11-21(17-23)27-15-16-28-22-12-10-14-24(18-22)30-20-26(5,6)8-2/h9-14,17-18H,7-8,15-16,19-20H2,1-6H3. The molecule has 2 aromatic carbocycles. The molecule has 0 atom stereocenters. The normalized spacial score (nSPS) is 11.8. The van der Waals surface area contributed by atoms with E-state index in [-0.39, 0.29) is 10.8 Å². The topological polar surface area (TPSA) is 36.9 Å². The van der Waals surface area contributed by atoms with Crippen molar-refractivity contribution in [2.75, 3.05) is 26.4 Å². The molecule has 0 aliphatic heterocycles. The molecule has 4 nitrogen and oxygen atoms in total. The van der Waals surface area contributed by atoms with Crippen molar-refractivity contribution in [1.29, 1.82) is 0 Å². The van der Waals surface area contributed by atoms with Crippen LogP contribution in [0.4, 0.5) is 0 Å². The van der Waals surface area contributed by atoms with Crippen LogP contribution in [0.25, 0.3) is 0 Å². The van der Waals surface area contributed by atoms with Crippen molar-refractivity contribution in [3.63, 3.8) is 0 Å². The average molecular weight is 415 g/mol. The van der Waals surface area contributed by atoms with Crippen molar-refractivity contribution in [3.8, 4) is 23.0 Å². The fourth-order valence-electron chi connectivity index (χ4n) is 2.39. The van der Waals surface area contributed by atoms with Gasteiger partial charge >= 0.3 is 0 Å². The van der Waals surface area contributed by atoms with Crippen molar-refractivity contribution < 1.29 is 18.9 Å². The molecule has 30 heavy (non-hydrogen) atoms. The molecule has 4 heteroatoms. The Morgan fingerprint density at radius 2 is 0.900 bits per heavy atom. The molecule has 0 unspecified atom stereocenters. The molecule has 0 saturated heterocycles. The van der Waals surface area contributed by atoms with Crippen LogP contribution < -0.4 is 18.9 Å². The van der Waals surface area contributed by atoms with Gasteiger partial charge in [0, 0.05) is 12.1 Å². The Hall–Kier alpha value is -2.36. The summed E-state index contributed by atoms with van der Waals surface area (Å²) in [6, 6.07) is 15.5. The maximum Gasteiger partial charge on any atom is 0.123 e. The summed E-state index contributed by atoms with van der Waals surface area (Å²) < 4.78 is 23.5. The van der Waals surface area contributed by atoms with Gasteiger partial charge in [0.2, 0.25) is 0 Å². The summed E-state index contributed by atoms with van der Waals surface area (Å²) in [5.74, 6) is 3.22. The minimum absolute atomic E-state index is 0.162. The predicted molar refractivity (Wildman–Crippen MR) is 123 cm³/mol. The van der Waals surface area contributed by atoms with E-state index in [4.69, 9.17) is 18.9 Å². The Balaban J connectivity index is 1.77. The fraction of sp³-hybridized carbons (Fsp3) is 0.538. The van der Waals surface area contributed by atoms with E-state index in [2.05, 4.69) is 41.5 Å². The highest BCUT2D eigenvalue weighted by atomic mass is 16.5. The highest BCUT2D eigenvalue weighted by Crippen LogP contribution is 2.26. The second kappa shape index (κ2) is 11.1. The third-order valence-corrected chi connectivity index (χ3v) is 5.41. The molecular formula is C26H38O4. The molecule has 0 aromatic heterocycles. The second-order valence-corrected chi connectivity index (χ2v) is 9.26. The van der Waals surface area contributed by atoms with Gasteiger partial charge in [-0.25, -0.2) is 0 Å². The molecule has 0 aliphatic carbocycles. The van der Waals surface area contributed by atoms with Crippen molar-refractivity contribution in [1.82, 2.24) is 0 Å². The van der Waals surface area contributed by atoms with Crippen LogP contribution in [0.2, 0.25) is 0 Å². The summed E-state index contributed by atoms with van der Waals surface area (Å²) >= 11 is 0. The van der Waals surface area contributed by atoms with Crippen molar-refractivity contribution in [2.24, 2.45) is 10.8 Å². The first-order chi connectivity index (χ1) is 14.2. The Morgan fingerprint density at radius 3 is 1.23 bits per heavy atom. The molecule has 0 radical (unpaired) electrons. The van der Waals surface area contributed by atoms with E-state index < -0.39 is 0 Å². The van der Waals surface area contributed by atoms with Crippen molar-refractivity contribution in [3.05, 3.63) is 48.5 Å². The van der Waals surface area contributed by atoms with Gasteiger partial charge in [0.05, 0.1) is 13.2 Å². The van der Waals surface area contributed by atoms with Crippen LogP contribution in [0.5, 0.6) is 23.0 Å². The second-order valence-electron chi connectivity index (χ2n) is 9.26. The molecule has 0 spiro atoms. The maximum atomic E-state index is 5.92. The molecule has 0 bridgehead atoms. The molecular weight excluding hydrogens is 376 g/mol. The molecule has 0 fully saturated rings. The maximum absolute atomic E-state index is 5.92. The van der Waals surface area contributed by atoms with Crippen LogP contribution in [0.15, 0.2) is 48.5 Å². The SMILES string of the molecule is CCC(C)(C)COc1cccc(OCCOc2cccc(OCC(C)(C)CC)c2)c1. The number of hydrogen-bond donors (Lipinski definition) is 0.